The second kappa shape index (κ2) is 11.1. The molecule has 1 aromatic heterocycles. The summed E-state index contributed by atoms with van der Waals surface area (Å²) in [4.78, 5) is 7.20. The third-order valence-corrected chi connectivity index (χ3v) is 5.46. The van der Waals surface area contributed by atoms with E-state index in [1.54, 1.807) is 0 Å². The van der Waals surface area contributed by atoms with Crippen LogP contribution in [0.3, 0.4) is 0 Å². The van der Waals surface area contributed by atoms with Crippen LogP contribution >= 0.6 is 24.0 Å². The fraction of sp³-hybridized carbons (Fsp3) is 0.800. The van der Waals surface area contributed by atoms with Crippen molar-refractivity contribution in [1.29, 1.82) is 0 Å². The van der Waals surface area contributed by atoms with Crippen molar-refractivity contribution in [2.24, 2.45) is 16.8 Å². The molecule has 2 rings (SSSR count). The number of aromatic nitrogens is 1. The van der Waals surface area contributed by atoms with E-state index in [-0.39, 0.29) is 24.0 Å². The molecule has 0 bridgehead atoms. The van der Waals surface area contributed by atoms with Gasteiger partial charge in [-0.2, -0.15) is 0 Å². The number of hydrogen-bond acceptors (Lipinski definition) is 3. The van der Waals surface area contributed by atoms with Crippen LogP contribution in [-0.2, 0) is 0 Å². The maximum absolute atomic E-state index is 5.30. The third-order valence-electron chi connectivity index (χ3n) is 5.46. The topological polar surface area (TPSA) is 53.7 Å². The summed E-state index contributed by atoms with van der Waals surface area (Å²) in [5.41, 5.74) is 2.18. The van der Waals surface area contributed by atoms with Gasteiger partial charge in [-0.05, 0) is 45.4 Å². The molecule has 0 amide bonds. The number of aliphatic imine (C=N–C) groups is 1. The lowest BCUT2D eigenvalue weighted by atomic mass is 9.83. The van der Waals surface area contributed by atoms with Crippen molar-refractivity contribution in [3.05, 3.63) is 17.0 Å². The summed E-state index contributed by atoms with van der Waals surface area (Å²) in [6.45, 7) is 13.4. The number of nitrogens with one attached hydrogen (secondary N) is 1. The van der Waals surface area contributed by atoms with Gasteiger partial charge in [0.05, 0.1) is 5.69 Å². The van der Waals surface area contributed by atoms with Crippen LogP contribution in [0.4, 0.5) is 0 Å². The Bertz CT molecular complexity index is 545. The Labute approximate surface area is 176 Å². The van der Waals surface area contributed by atoms with Crippen molar-refractivity contribution in [2.45, 2.75) is 66.2 Å². The minimum absolute atomic E-state index is 0. The molecule has 0 spiro atoms. The summed E-state index contributed by atoms with van der Waals surface area (Å²) in [6, 6.07) is 0. The molecular weight excluding hydrogens is 439 g/mol. The van der Waals surface area contributed by atoms with Crippen LogP contribution in [0.25, 0.3) is 0 Å². The van der Waals surface area contributed by atoms with Crippen molar-refractivity contribution < 1.29 is 4.52 Å². The van der Waals surface area contributed by atoms with Crippen LogP contribution in [-0.4, -0.2) is 42.7 Å². The standard InChI is InChI=1S/C20H36N4O.HI/c1-7-21-20(24(6)13-18-10-8-14(2)9-11-18)22-12-15(3)19-16(4)23-25-17(19)5;/h14-15,18H,7-13H2,1-6H3,(H,21,22);1H. The zero-order chi connectivity index (χ0) is 18.4. The zero-order valence-corrected chi connectivity index (χ0v) is 19.7. The Morgan fingerprint density at radius 1 is 1.31 bits per heavy atom. The van der Waals surface area contributed by atoms with Crippen LogP contribution in [0.15, 0.2) is 9.52 Å². The van der Waals surface area contributed by atoms with Crippen molar-refractivity contribution in [1.82, 2.24) is 15.4 Å². The molecule has 1 fully saturated rings. The zero-order valence-electron chi connectivity index (χ0n) is 17.3. The van der Waals surface area contributed by atoms with Crippen LogP contribution in [0.5, 0.6) is 0 Å². The molecule has 0 aromatic carbocycles. The van der Waals surface area contributed by atoms with Crippen LogP contribution < -0.4 is 5.32 Å². The van der Waals surface area contributed by atoms with Crippen molar-refractivity contribution in [3.8, 4) is 0 Å². The molecule has 1 saturated carbocycles. The van der Waals surface area contributed by atoms with Crippen molar-refractivity contribution in [3.63, 3.8) is 0 Å². The second-order valence-corrected chi connectivity index (χ2v) is 7.84. The monoisotopic (exact) mass is 476 g/mol. The lowest BCUT2D eigenvalue weighted by molar-refractivity contribution is 0.250. The summed E-state index contributed by atoms with van der Waals surface area (Å²) >= 11 is 0. The van der Waals surface area contributed by atoms with Gasteiger partial charge in [0.15, 0.2) is 5.96 Å². The fourth-order valence-electron chi connectivity index (χ4n) is 3.96. The maximum Gasteiger partial charge on any atom is 0.193 e. The van der Waals surface area contributed by atoms with E-state index >= 15 is 0 Å². The number of nitrogens with zero attached hydrogens (tertiary/aromatic N) is 3. The van der Waals surface area contributed by atoms with E-state index < -0.39 is 0 Å². The van der Waals surface area contributed by atoms with Gasteiger partial charge < -0.3 is 14.7 Å². The first kappa shape index (κ1) is 23.2. The molecule has 1 unspecified atom stereocenters. The SMILES string of the molecule is CCNC(=NCC(C)c1c(C)noc1C)N(C)CC1CCC(C)CC1.I. The highest BCUT2D eigenvalue weighted by atomic mass is 127. The number of halogens is 1. The molecule has 1 N–H and O–H groups in total. The van der Waals surface area contributed by atoms with E-state index in [0.29, 0.717) is 5.92 Å². The first-order valence-corrected chi connectivity index (χ1v) is 9.84. The highest BCUT2D eigenvalue weighted by molar-refractivity contribution is 14.0. The van der Waals surface area contributed by atoms with Gasteiger partial charge in [-0.3, -0.25) is 4.99 Å². The van der Waals surface area contributed by atoms with E-state index in [0.717, 1.165) is 48.9 Å². The average molecular weight is 476 g/mol. The molecular formula is C20H37IN4O. The summed E-state index contributed by atoms with van der Waals surface area (Å²) in [5.74, 6) is 3.93. The highest BCUT2D eigenvalue weighted by Crippen LogP contribution is 2.28. The van der Waals surface area contributed by atoms with Crippen LogP contribution in [0.2, 0.25) is 0 Å². The number of guanidine groups is 1. The molecule has 1 aromatic rings. The second-order valence-electron chi connectivity index (χ2n) is 7.84. The largest absolute Gasteiger partial charge is 0.361 e. The van der Waals surface area contributed by atoms with Gasteiger partial charge in [0, 0.05) is 38.2 Å². The molecule has 0 saturated heterocycles. The molecule has 1 aliphatic rings. The predicted molar refractivity (Wildman–Crippen MR) is 120 cm³/mol. The molecule has 6 heteroatoms. The minimum Gasteiger partial charge on any atom is -0.361 e. The fourth-order valence-corrected chi connectivity index (χ4v) is 3.96. The van der Waals surface area contributed by atoms with Gasteiger partial charge in [-0.25, -0.2) is 0 Å². The highest BCUT2D eigenvalue weighted by Gasteiger charge is 2.21. The Morgan fingerprint density at radius 2 is 1.96 bits per heavy atom. The number of rotatable bonds is 6. The molecule has 1 heterocycles. The van der Waals surface area contributed by atoms with Crippen LogP contribution in [0, 0.1) is 25.7 Å². The lowest BCUT2D eigenvalue weighted by Gasteiger charge is -2.31. The van der Waals surface area contributed by atoms with Gasteiger partial charge in [-0.1, -0.05) is 31.8 Å². The van der Waals surface area contributed by atoms with E-state index in [4.69, 9.17) is 9.52 Å². The van der Waals surface area contributed by atoms with Gasteiger partial charge in [0.25, 0.3) is 0 Å². The average Bonchev–Trinajstić information content (AvgIpc) is 2.92. The third kappa shape index (κ3) is 6.43. The van der Waals surface area contributed by atoms with E-state index in [1.807, 2.05) is 13.8 Å². The number of aryl methyl sites for hydroxylation is 2. The lowest BCUT2D eigenvalue weighted by Crippen LogP contribution is -2.42. The molecule has 5 nitrogen and oxygen atoms in total. The van der Waals surface area contributed by atoms with Crippen LogP contribution in [0.1, 0.15) is 69.4 Å². The van der Waals surface area contributed by atoms with E-state index in [1.165, 1.54) is 31.2 Å². The quantitative estimate of drug-likeness (QED) is 0.366. The molecule has 0 radical (unpaired) electrons. The minimum atomic E-state index is 0. The first-order chi connectivity index (χ1) is 11.9. The molecule has 26 heavy (non-hydrogen) atoms. The summed E-state index contributed by atoms with van der Waals surface area (Å²) in [7, 11) is 2.17. The Kier molecular flexibility index (Phi) is 9.97. The smallest absolute Gasteiger partial charge is 0.193 e. The maximum atomic E-state index is 5.30. The van der Waals surface area contributed by atoms with Crippen molar-refractivity contribution in [2.75, 3.05) is 26.7 Å². The van der Waals surface area contributed by atoms with Crippen molar-refractivity contribution >= 4 is 29.9 Å². The Morgan fingerprint density at radius 3 is 2.50 bits per heavy atom. The first-order valence-electron chi connectivity index (χ1n) is 9.84. The normalized spacial score (nSPS) is 21.8. The Balaban J connectivity index is 0.00000338. The van der Waals surface area contributed by atoms with E-state index in [2.05, 4.69) is 43.2 Å². The molecule has 1 atom stereocenters. The number of hydrogen-bond donors (Lipinski definition) is 1. The van der Waals surface area contributed by atoms with Gasteiger partial charge in [0.1, 0.15) is 5.76 Å². The summed E-state index contributed by atoms with van der Waals surface area (Å²) in [5, 5.41) is 7.52. The molecule has 1 aliphatic carbocycles. The van der Waals surface area contributed by atoms with E-state index in [9.17, 15) is 0 Å². The molecule has 150 valence electrons. The summed E-state index contributed by atoms with van der Waals surface area (Å²) in [6.07, 6.45) is 5.44. The van der Waals surface area contributed by atoms with Gasteiger partial charge in [-0.15, -0.1) is 24.0 Å². The van der Waals surface area contributed by atoms with Gasteiger partial charge >= 0.3 is 0 Å². The molecule has 0 aliphatic heterocycles. The Hall–Kier alpha value is -0.790. The van der Waals surface area contributed by atoms with Gasteiger partial charge in [0.2, 0.25) is 0 Å². The predicted octanol–water partition coefficient (Wildman–Crippen LogP) is 4.74. The summed E-state index contributed by atoms with van der Waals surface area (Å²) < 4.78 is 5.30.